The third-order valence-electron chi connectivity index (χ3n) is 14.6. The molecule has 0 bridgehead atoms. The van der Waals surface area contributed by atoms with Gasteiger partial charge in [-0.3, -0.25) is 0 Å². The molecule has 1 nitrogen and oxygen atoms in total. The standard InChI is InChI=1S/C69H47N/c1-4-21-48(22-5-1)55-29-12-13-30-58(55)60-31-14-15-32-61(60)64-34-17-19-38-68(64)70(53-42-39-50(40-43-53)57-35-20-36-59-56-28-11-10-23-49(56)41-45-62(57)59)54-44-46-67-65(47-54)63-33-16-18-37-66(63)69(67,51-24-6-2-7-25-51)52-26-8-3-9-27-52/h1-47H. The van der Waals surface area contributed by atoms with E-state index < -0.39 is 5.41 Å². The summed E-state index contributed by atoms with van der Waals surface area (Å²) in [6.07, 6.45) is 0. The van der Waals surface area contributed by atoms with E-state index in [9.17, 15) is 0 Å². The van der Waals surface area contributed by atoms with Crippen LogP contribution < -0.4 is 4.90 Å². The Labute approximate surface area is 409 Å². The number of benzene rings is 12. The molecule has 0 aromatic heterocycles. The van der Waals surface area contributed by atoms with Gasteiger partial charge in [-0.15, -0.1) is 0 Å². The average Bonchev–Trinajstić information content (AvgIpc) is 3.74. The molecule has 0 saturated carbocycles. The highest BCUT2D eigenvalue weighted by Gasteiger charge is 2.46. The number of hydrogen-bond donors (Lipinski definition) is 0. The lowest BCUT2D eigenvalue weighted by Gasteiger charge is -2.34. The second-order valence-electron chi connectivity index (χ2n) is 18.3. The maximum absolute atomic E-state index is 2.48. The zero-order valence-corrected chi connectivity index (χ0v) is 38.6. The maximum Gasteiger partial charge on any atom is 0.0713 e. The quantitative estimate of drug-likeness (QED) is 0.131. The molecular formula is C69H47N. The zero-order valence-electron chi connectivity index (χ0n) is 38.6. The van der Waals surface area contributed by atoms with Gasteiger partial charge < -0.3 is 4.90 Å². The van der Waals surface area contributed by atoms with Crippen LogP contribution in [0.5, 0.6) is 0 Å². The zero-order chi connectivity index (χ0) is 46.4. The fourth-order valence-electron chi connectivity index (χ4n) is 11.5. The molecule has 12 aromatic rings. The Kier molecular flexibility index (Phi) is 10.1. The minimum Gasteiger partial charge on any atom is -0.310 e. The molecule has 0 aliphatic heterocycles. The predicted molar refractivity (Wildman–Crippen MR) is 295 cm³/mol. The van der Waals surface area contributed by atoms with Crippen LogP contribution in [-0.4, -0.2) is 0 Å². The van der Waals surface area contributed by atoms with Crippen LogP contribution in [0, 0.1) is 0 Å². The van der Waals surface area contributed by atoms with Crippen LogP contribution in [0.4, 0.5) is 17.1 Å². The number of rotatable bonds is 9. The monoisotopic (exact) mass is 889 g/mol. The maximum atomic E-state index is 2.48. The molecule has 1 aliphatic carbocycles. The minimum absolute atomic E-state index is 0.494. The Hall–Kier alpha value is -9.04. The van der Waals surface area contributed by atoms with Crippen molar-refractivity contribution in [2.75, 3.05) is 4.90 Å². The third kappa shape index (κ3) is 6.70. The van der Waals surface area contributed by atoms with Gasteiger partial charge in [0.2, 0.25) is 0 Å². The molecule has 0 unspecified atom stereocenters. The first-order chi connectivity index (χ1) is 34.8. The van der Waals surface area contributed by atoms with Gasteiger partial charge in [-0.1, -0.05) is 255 Å². The van der Waals surface area contributed by atoms with Crippen molar-refractivity contribution in [3.63, 3.8) is 0 Å². The molecule has 0 radical (unpaired) electrons. The van der Waals surface area contributed by atoms with Crippen LogP contribution in [0.15, 0.2) is 285 Å². The van der Waals surface area contributed by atoms with E-state index in [1.165, 1.54) is 93.9 Å². The van der Waals surface area contributed by atoms with E-state index >= 15 is 0 Å². The van der Waals surface area contributed by atoms with Gasteiger partial charge in [-0.25, -0.2) is 0 Å². The predicted octanol–water partition coefficient (Wildman–Crippen LogP) is 18.5. The van der Waals surface area contributed by atoms with Crippen LogP contribution >= 0.6 is 0 Å². The molecule has 0 saturated heterocycles. The van der Waals surface area contributed by atoms with Crippen molar-refractivity contribution in [2.45, 2.75) is 5.41 Å². The van der Waals surface area contributed by atoms with Crippen LogP contribution in [0.3, 0.4) is 0 Å². The van der Waals surface area contributed by atoms with Crippen molar-refractivity contribution in [3.8, 4) is 55.6 Å². The van der Waals surface area contributed by atoms with Crippen LogP contribution in [0.1, 0.15) is 22.3 Å². The van der Waals surface area contributed by atoms with Gasteiger partial charge in [0.15, 0.2) is 0 Å². The Balaban J connectivity index is 1.03. The van der Waals surface area contributed by atoms with Crippen molar-refractivity contribution in [3.05, 3.63) is 307 Å². The molecule has 0 N–H and O–H groups in total. The number of hydrogen-bond acceptors (Lipinski definition) is 1. The van der Waals surface area contributed by atoms with E-state index in [0.29, 0.717) is 0 Å². The molecule has 0 atom stereocenters. The van der Waals surface area contributed by atoms with Crippen molar-refractivity contribution in [1.29, 1.82) is 0 Å². The lowest BCUT2D eigenvalue weighted by Crippen LogP contribution is -2.28. The first-order valence-electron chi connectivity index (χ1n) is 24.3. The van der Waals surface area contributed by atoms with Crippen molar-refractivity contribution < 1.29 is 0 Å². The Bertz CT molecular complexity index is 3830. The summed E-state index contributed by atoms with van der Waals surface area (Å²) in [5, 5.41) is 5.04. The molecule has 12 aromatic carbocycles. The van der Waals surface area contributed by atoms with E-state index in [4.69, 9.17) is 0 Å². The number of nitrogens with zero attached hydrogens (tertiary/aromatic N) is 1. The second kappa shape index (κ2) is 17.2. The van der Waals surface area contributed by atoms with E-state index in [1.807, 2.05) is 0 Å². The highest BCUT2D eigenvalue weighted by atomic mass is 15.1. The second-order valence-corrected chi connectivity index (χ2v) is 18.3. The van der Waals surface area contributed by atoms with Crippen molar-refractivity contribution in [2.24, 2.45) is 0 Å². The molecule has 1 heteroatoms. The Morgan fingerprint density at radius 3 is 1.44 bits per heavy atom. The lowest BCUT2D eigenvalue weighted by molar-refractivity contribution is 0.768. The molecule has 1 aliphatic rings. The number of anilines is 3. The highest BCUT2D eigenvalue weighted by Crippen LogP contribution is 2.57. The van der Waals surface area contributed by atoms with E-state index in [2.05, 4.69) is 290 Å². The van der Waals surface area contributed by atoms with Gasteiger partial charge in [0.1, 0.15) is 0 Å². The first-order valence-corrected chi connectivity index (χ1v) is 24.3. The summed E-state index contributed by atoms with van der Waals surface area (Å²) in [6.45, 7) is 0. The summed E-state index contributed by atoms with van der Waals surface area (Å²) in [5.41, 5.74) is 19.9. The SMILES string of the molecule is c1ccc(-c2ccccc2-c2ccccc2-c2ccccc2N(c2ccc(-c3cccc4c3ccc3ccccc34)cc2)c2ccc3c(c2)-c2ccccc2C3(c2ccccc2)c2ccccc2)cc1. The van der Waals surface area contributed by atoms with Gasteiger partial charge in [-0.05, 0) is 124 Å². The van der Waals surface area contributed by atoms with Crippen LogP contribution in [-0.2, 0) is 5.41 Å². The summed E-state index contributed by atoms with van der Waals surface area (Å²) in [6, 6.07) is 105. The average molecular weight is 890 g/mol. The lowest BCUT2D eigenvalue weighted by atomic mass is 9.68. The molecular weight excluding hydrogens is 843 g/mol. The fraction of sp³-hybridized carbons (Fsp3) is 0.0145. The largest absolute Gasteiger partial charge is 0.310 e. The van der Waals surface area contributed by atoms with Gasteiger partial charge >= 0.3 is 0 Å². The van der Waals surface area contributed by atoms with Gasteiger partial charge in [0, 0.05) is 16.9 Å². The van der Waals surface area contributed by atoms with E-state index in [-0.39, 0.29) is 0 Å². The molecule has 0 heterocycles. The number of fused-ring (bicyclic) bond motifs is 6. The number of para-hydroxylation sites is 1. The van der Waals surface area contributed by atoms with E-state index in [1.54, 1.807) is 0 Å². The smallest absolute Gasteiger partial charge is 0.0713 e. The van der Waals surface area contributed by atoms with Crippen molar-refractivity contribution >= 4 is 38.6 Å². The minimum atomic E-state index is -0.494. The van der Waals surface area contributed by atoms with Gasteiger partial charge in [0.25, 0.3) is 0 Å². The topological polar surface area (TPSA) is 3.24 Å². The molecule has 0 fully saturated rings. The Morgan fingerprint density at radius 2 is 0.729 bits per heavy atom. The summed E-state index contributed by atoms with van der Waals surface area (Å²) in [5.74, 6) is 0. The van der Waals surface area contributed by atoms with Crippen molar-refractivity contribution in [1.82, 2.24) is 0 Å². The Morgan fingerprint density at radius 1 is 0.243 bits per heavy atom. The van der Waals surface area contributed by atoms with E-state index in [0.717, 1.165) is 22.6 Å². The first kappa shape index (κ1) is 41.2. The fourth-order valence-corrected chi connectivity index (χ4v) is 11.5. The van der Waals surface area contributed by atoms with Crippen LogP contribution in [0.25, 0.3) is 77.2 Å². The highest BCUT2D eigenvalue weighted by molar-refractivity contribution is 6.12. The molecule has 0 amide bonds. The summed E-state index contributed by atoms with van der Waals surface area (Å²) >= 11 is 0. The molecule has 328 valence electrons. The van der Waals surface area contributed by atoms with Crippen LogP contribution in [0.2, 0.25) is 0 Å². The third-order valence-corrected chi connectivity index (χ3v) is 14.6. The molecule has 0 spiro atoms. The molecule has 13 rings (SSSR count). The van der Waals surface area contributed by atoms with Gasteiger partial charge in [-0.2, -0.15) is 0 Å². The summed E-state index contributed by atoms with van der Waals surface area (Å²) < 4.78 is 0. The van der Waals surface area contributed by atoms with Gasteiger partial charge in [0.05, 0.1) is 11.1 Å². The summed E-state index contributed by atoms with van der Waals surface area (Å²) in [4.78, 5) is 2.48. The summed E-state index contributed by atoms with van der Waals surface area (Å²) in [7, 11) is 0. The normalized spacial score (nSPS) is 12.4. The molecule has 70 heavy (non-hydrogen) atoms.